The van der Waals surface area contributed by atoms with Gasteiger partial charge in [-0.3, -0.25) is 0 Å². The van der Waals surface area contributed by atoms with Crippen molar-refractivity contribution in [2.75, 3.05) is 53.4 Å². The Bertz CT molecular complexity index is 238. The largest absolute Gasteiger partial charge is 0.315 e. The second kappa shape index (κ2) is 8.23. The summed E-state index contributed by atoms with van der Waals surface area (Å²) in [5.74, 6) is 1.86. The molecule has 0 aromatic rings. The van der Waals surface area contributed by atoms with Crippen LogP contribution in [0.5, 0.6) is 0 Å². The lowest BCUT2D eigenvalue weighted by atomic mass is 9.89. The van der Waals surface area contributed by atoms with Gasteiger partial charge in [-0.25, -0.2) is 0 Å². The SMILES string of the molecule is CN(CCNCC1CCCCC1)CC1CCN(C)C1. The Kier molecular flexibility index (Phi) is 6.62. The van der Waals surface area contributed by atoms with E-state index in [0.717, 1.165) is 18.4 Å². The molecule has 3 heteroatoms. The van der Waals surface area contributed by atoms with Crippen molar-refractivity contribution < 1.29 is 0 Å². The number of likely N-dealkylation sites (N-methyl/N-ethyl adjacent to an activating group) is 1. The van der Waals surface area contributed by atoms with Crippen LogP contribution in [0.15, 0.2) is 0 Å². The summed E-state index contributed by atoms with van der Waals surface area (Å²) in [6.45, 7) is 7.47. The minimum Gasteiger partial charge on any atom is -0.315 e. The highest BCUT2D eigenvalue weighted by Gasteiger charge is 2.20. The summed E-state index contributed by atoms with van der Waals surface area (Å²) in [6.07, 6.45) is 8.68. The van der Waals surface area contributed by atoms with Crippen molar-refractivity contribution in [1.29, 1.82) is 0 Å². The van der Waals surface area contributed by atoms with Gasteiger partial charge in [-0.2, -0.15) is 0 Å². The molecule has 0 spiro atoms. The molecule has 1 atom stereocenters. The van der Waals surface area contributed by atoms with E-state index >= 15 is 0 Å². The zero-order chi connectivity index (χ0) is 13.5. The Morgan fingerprint density at radius 2 is 1.89 bits per heavy atom. The fourth-order valence-electron chi connectivity index (χ4n) is 3.67. The van der Waals surface area contributed by atoms with Gasteiger partial charge in [-0.1, -0.05) is 19.3 Å². The van der Waals surface area contributed by atoms with Gasteiger partial charge in [-0.15, -0.1) is 0 Å². The lowest BCUT2D eigenvalue weighted by molar-refractivity contribution is 0.267. The molecule has 19 heavy (non-hydrogen) atoms. The molecular weight excluding hydrogens is 234 g/mol. The van der Waals surface area contributed by atoms with Crippen LogP contribution < -0.4 is 5.32 Å². The van der Waals surface area contributed by atoms with Crippen LogP contribution in [-0.4, -0.2) is 63.2 Å². The lowest BCUT2D eigenvalue weighted by Gasteiger charge is -2.24. The van der Waals surface area contributed by atoms with E-state index in [-0.39, 0.29) is 0 Å². The van der Waals surface area contributed by atoms with Gasteiger partial charge in [0, 0.05) is 26.2 Å². The van der Waals surface area contributed by atoms with E-state index in [4.69, 9.17) is 0 Å². The maximum Gasteiger partial charge on any atom is 0.0104 e. The van der Waals surface area contributed by atoms with E-state index in [1.165, 1.54) is 71.2 Å². The van der Waals surface area contributed by atoms with E-state index < -0.39 is 0 Å². The fourth-order valence-corrected chi connectivity index (χ4v) is 3.67. The first-order valence-corrected chi connectivity index (χ1v) is 8.32. The maximum absolute atomic E-state index is 3.67. The van der Waals surface area contributed by atoms with Crippen LogP contribution in [0.25, 0.3) is 0 Å². The van der Waals surface area contributed by atoms with E-state index in [2.05, 4.69) is 29.2 Å². The first kappa shape index (κ1) is 15.3. The molecule has 1 unspecified atom stereocenters. The zero-order valence-electron chi connectivity index (χ0n) is 13.0. The van der Waals surface area contributed by atoms with Crippen molar-refractivity contribution in [3.63, 3.8) is 0 Å². The minimum atomic E-state index is 0.897. The molecular formula is C16H33N3. The van der Waals surface area contributed by atoms with Crippen molar-refractivity contribution in [3.05, 3.63) is 0 Å². The summed E-state index contributed by atoms with van der Waals surface area (Å²) in [5.41, 5.74) is 0. The topological polar surface area (TPSA) is 18.5 Å². The summed E-state index contributed by atoms with van der Waals surface area (Å²) < 4.78 is 0. The standard InChI is InChI=1S/C16H33N3/c1-18-10-8-16(13-18)14-19(2)11-9-17-12-15-6-4-3-5-7-15/h15-17H,3-14H2,1-2H3. The van der Waals surface area contributed by atoms with Crippen LogP contribution in [0.3, 0.4) is 0 Å². The lowest BCUT2D eigenvalue weighted by Crippen LogP contribution is -2.35. The van der Waals surface area contributed by atoms with Gasteiger partial charge in [-0.05, 0) is 58.3 Å². The third-order valence-electron chi connectivity index (χ3n) is 4.89. The van der Waals surface area contributed by atoms with Gasteiger partial charge in [0.05, 0.1) is 0 Å². The molecule has 1 saturated heterocycles. The summed E-state index contributed by atoms with van der Waals surface area (Å²) >= 11 is 0. The molecule has 0 aromatic heterocycles. The average Bonchev–Trinajstić information content (AvgIpc) is 2.81. The van der Waals surface area contributed by atoms with Crippen LogP contribution in [0.2, 0.25) is 0 Å². The van der Waals surface area contributed by atoms with Gasteiger partial charge in [0.1, 0.15) is 0 Å². The highest BCUT2D eigenvalue weighted by Crippen LogP contribution is 2.22. The van der Waals surface area contributed by atoms with Crippen LogP contribution in [0.1, 0.15) is 38.5 Å². The number of nitrogens with one attached hydrogen (secondary N) is 1. The first-order valence-electron chi connectivity index (χ1n) is 8.32. The van der Waals surface area contributed by atoms with Crippen LogP contribution >= 0.6 is 0 Å². The third-order valence-corrected chi connectivity index (χ3v) is 4.89. The van der Waals surface area contributed by atoms with Gasteiger partial charge in [0.15, 0.2) is 0 Å². The normalized spacial score (nSPS) is 26.4. The summed E-state index contributed by atoms with van der Waals surface area (Å²) in [7, 11) is 4.52. The predicted molar refractivity (Wildman–Crippen MR) is 82.5 cm³/mol. The molecule has 1 heterocycles. The highest BCUT2D eigenvalue weighted by molar-refractivity contribution is 4.75. The fraction of sp³-hybridized carbons (Fsp3) is 1.00. The minimum absolute atomic E-state index is 0.897. The number of hydrogen-bond donors (Lipinski definition) is 1. The van der Waals surface area contributed by atoms with Gasteiger partial charge in [0.2, 0.25) is 0 Å². The van der Waals surface area contributed by atoms with E-state index in [1.54, 1.807) is 0 Å². The molecule has 1 aliphatic carbocycles. The highest BCUT2D eigenvalue weighted by atomic mass is 15.2. The number of nitrogens with zero attached hydrogens (tertiary/aromatic N) is 2. The van der Waals surface area contributed by atoms with Gasteiger partial charge >= 0.3 is 0 Å². The van der Waals surface area contributed by atoms with E-state index in [0.29, 0.717) is 0 Å². The molecule has 2 aliphatic rings. The summed E-state index contributed by atoms with van der Waals surface area (Å²) in [4.78, 5) is 4.97. The molecule has 2 rings (SSSR count). The number of likely N-dealkylation sites (tertiary alicyclic amines) is 1. The van der Waals surface area contributed by atoms with Crippen LogP contribution in [-0.2, 0) is 0 Å². The smallest absolute Gasteiger partial charge is 0.0104 e. The van der Waals surface area contributed by atoms with Crippen LogP contribution in [0, 0.1) is 11.8 Å². The van der Waals surface area contributed by atoms with Crippen molar-refractivity contribution in [1.82, 2.24) is 15.1 Å². The third kappa shape index (κ3) is 5.80. The van der Waals surface area contributed by atoms with Crippen molar-refractivity contribution in [2.24, 2.45) is 11.8 Å². The molecule has 0 aromatic carbocycles. The van der Waals surface area contributed by atoms with Gasteiger partial charge in [0.25, 0.3) is 0 Å². The quantitative estimate of drug-likeness (QED) is 0.712. The van der Waals surface area contributed by atoms with Crippen molar-refractivity contribution in [3.8, 4) is 0 Å². The Morgan fingerprint density at radius 1 is 1.11 bits per heavy atom. The second-order valence-electron chi connectivity index (χ2n) is 6.89. The maximum atomic E-state index is 3.67. The zero-order valence-corrected chi connectivity index (χ0v) is 13.0. The monoisotopic (exact) mass is 267 g/mol. The molecule has 0 radical (unpaired) electrons. The Balaban J connectivity index is 1.48. The molecule has 1 saturated carbocycles. The molecule has 0 bridgehead atoms. The Labute approximate surface area is 119 Å². The van der Waals surface area contributed by atoms with Crippen LogP contribution in [0.4, 0.5) is 0 Å². The Hall–Kier alpha value is -0.120. The summed E-state index contributed by atoms with van der Waals surface area (Å²) in [6, 6.07) is 0. The van der Waals surface area contributed by atoms with E-state index in [9.17, 15) is 0 Å². The average molecular weight is 267 g/mol. The molecule has 0 amide bonds. The number of hydrogen-bond acceptors (Lipinski definition) is 3. The second-order valence-corrected chi connectivity index (χ2v) is 6.89. The molecule has 2 fully saturated rings. The predicted octanol–water partition coefficient (Wildman–Crippen LogP) is 2.04. The van der Waals surface area contributed by atoms with E-state index in [1.807, 2.05) is 0 Å². The molecule has 112 valence electrons. The molecule has 1 aliphatic heterocycles. The summed E-state index contributed by atoms with van der Waals surface area (Å²) in [5, 5.41) is 3.67. The van der Waals surface area contributed by atoms with Crippen molar-refractivity contribution in [2.45, 2.75) is 38.5 Å². The van der Waals surface area contributed by atoms with Gasteiger partial charge < -0.3 is 15.1 Å². The number of rotatable bonds is 7. The van der Waals surface area contributed by atoms with Crippen molar-refractivity contribution >= 4 is 0 Å². The molecule has 1 N–H and O–H groups in total. The first-order chi connectivity index (χ1) is 9.24. The Morgan fingerprint density at radius 3 is 2.58 bits per heavy atom. The molecule has 3 nitrogen and oxygen atoms in total.